The predicted octanol–water partition coefficient (Wildman–Crippen LogP) is 0.728. The van der Waals surface area contributed by atoms with Crippen LogP contribution in [0.5, 0.6) is 0 Å². The predicted molar refractivity (Wildman–Crippen MR) is 81.4 cm³/mol. The summed E-state index contributed by atoms with van der Waals surface area (Å²) >= 11 is 1.45. The van der Waals surface area contributed by atoms with Gasteiger partial charge < -0.3 is 10.4 Å². The van der Waals surface area contributed by atoms with Gasteiger partial charge in [-0.25, -0.2) is 9.50 Å². The first-order chi connectivity index (χ1) is 10.2. The van der Waals surface area contributed by atoms with Gasteiger partial charge in [0.15, 0.2) is 11.1 Å². The largest absolute Gasteiger partial charge is 0.480 e. The topological polar surface area (TPSA) is 117 Å². The Bertz CT molecular complexity index is 787. The molecule has 0 radical (unpaired) electrons. The molecule has 3 N–H and O–H groups in total. The molecule has 2 aromatic heterocycles. The summed E-state index contributed by atoms with van der Waals surface area (Å²) in [6.45, 7) is 5.43. The number of hydrogen-bond donors (Lipinski definition) is 3. The highest BCUT2D eigenvalue weighted by Gasteiger charge is 2.22. The Morgan fingerprint density at radius 2 is 2.14 bits per heavy atom. The lowest BCUT2D eigenvalue weighted by atomic mass is 10.2. The molecular formula is C13H16N4O4S. The van der Waals surface area contributed by atoms with Gasteiger partial charge >= 0.3 is 5.97 Å². The fourth-order valence-electron chi connectivity index (χ4n) is 1.82. The summed E-state index contributed by atoms with van der Waals surface area (Å²) in [5.74, 6) is -1.95. The number of pyridine rings is 1. The smallest absolute Gasteiger partial charge is 0.322 e. The van der Waals surface area contributed by atoms with Crippen LogP contribution in [0.4, 0.5) is 0 Å². The van der Waals surface area contributed by atoms with Crippen molar-refractivity contribution in [2.75, 3.05) is 6.54 Å². The molecule has 0 saturated carbocycles. The van der Waals surface area contributed by atoms with Gasteiger partial charge in [0.1, 0.15) is 23.5 Å². The lowest BCUT2D eigenvalue weighted by Crippen LogP contribution is -2.33. The van der Waals surface area contributed by atoms with Crippen LogP contribution in [0.1, 0.15) is 31.1 Å². The lowest BCUT2D eigenvalue weighted by Gasteiger charge is -2.18. The summed E-state index contributed by atoms with van der Waals surface area (Å²) in [5.41, 5.74) is -0.510. The maximum atomic E-state index is 12.2. The third-order valence-electron chi connectivity index (χ3n) is 2.57. The maximum absolute atomic E-state index is 12.2. The number of carbonyl (C=O) groups is 2. The summed E-state index contributed by atoms with van der Waals surface area (Å²) in [7, 11) is 0. The van der Waals surface area contributed by atoms with Crippen LogP contribution in [-0.4, -0.2) is 42.9 Å². The molecular weight excluding hydrogens is 308 g/mol. The van der Waals surface area contributed by atoms with Crippen LogP contribution in [0, 0.1) is 0 Å². The third kappa shape index (κ3) is 3.48. The van der Waals surface area contributed by atoms with Gasteiger partial charge in [-0.15, -0.1) is 11.8 Å². The van der Waals surface area contributed by atoms with Crippen LogP contribution < -0.4 is 10.7 Å². The van der Waals surface area contributed by atoms with E-state index in [-0.39, 0.29) is 16.0 Å². The van der Waals surface area contributed by atoms with E-state index < -0.39 is 23.9 Å². The molecule has 0 aliphatic rings. The average Bonchev–Trinajstić information content (AvgIpc) is 2.83. The Morgan fingerprint density at radius 1 is 1.45 bits per heavy atom. The highest BCUT2D eigenvalue weighted by atomic mass is 32.2. The van der Waals surface area contributed by atoms with Crippen molar-refractivity contribution < 1.29 is 14.7 Å². The first kappa shape index (κ1) is 16.1. The monoisotopic (exact) mass is 324 g/mol. The van der Waals surface area contributed by atoms with Crippen molar-refractivity contribution in [3.8, 4) is 0 Å². The first-order valence-corrected chi connectivity index (χ1v) is 7.29. The molecule has 2 heterocycles. The van der Waals surface area contributed by atoms with E-state index in [0.29, 0.717) is 5.03 Å². The van der Waals surface area contributed by atoms with Crippen molar-refractivity contribution in [1.29, 1.82) is 0 Å². The van der Waals surface area contributed by atoms with Crippen LogP contribution in [0.2, 0.25) is 0 Å². The Kier molecular flexibility index (Phi) is 4.27. The molecule has 0 atom stereocenters. The van der Waals surface area contributed by atoms with E-state index in [0.717, 1.165) is 0 Å². The molecule has 2 rings (SSSR count). The number of fused-ring (bicyclic) bond motifs is 1. The zero-order chi connectivity index (χ0) is 16.5. The second-order valence-electron chi connectivity index (χ2n) is 5.56. The lowest BCUT2D eigenvalue weighted by molar-refractivity contribution is -0.135. The van der Waals surface area contributed by atoms with E-state index in [4.69, 9.17) is 5.11 Å². The number of aromatic amines is 1. The van der Waals surface area contributed by atoms with E-state index >= 15 is 0 Å². The number of aliphatic carboxylic acids is 1. The number of carbonyl (C=O) groups excluding carboxylic acids is 1. The van der Waals surface area contributed by atoms with Gasteiger partial charge in [-0.3, -0.25) is 19.5 Å². The number of carboxylic acid groups (broad SMARTS) is 1. The normalized spacial score (nSPS) is 11.6. The Hall–Kier alpha value is -2.29. The number of nitrogens with one attached hydrogen (secondary N) is 2. The molecule has 0 aliphatic carbocycles. The van der Waals surface area contributed by atoms with Gasteiger partial charge in [0, 0.05) is 10.8 Å². The summed E-state index contributed by atoms with van der Waals surface area (Å²) < 4.78 is 1.40. The third-order valence-corrected chi connectivity index (χ3v) is 3.69. The standard InChI is InChI=1S/C13H16N4O4S/c1-13(2,3)22-8-4-7(18)10(11-15-6-16-17(8)11)12(21)14-5-9(19)20/h4,6H,5H2,1-3H3,(H,14,21)(H,15,16)(H,19,20). The van der Waals surface area contributed by atoms with Crippen molar-refractivity contribution in [3.63, 3.8) is 0 Å². The Morgan fingerprint density at radius 3 is 2.73 bits per heavy atom. The molecule has 0 fully saturated rings. The van der Waals surface area contributed by atoms with Crippen molar-refractivity contribution in [2.24, 2.45) is 0 Å². The molecule has 0 saturated heterocycles. The van der Waals surface area contributed by atoms with Crippen molar-refractivity contribution >= 4 is 29.3 Å². The van der Waals surface area contributed by atoms with Gasteiger partial charge in [-0.05, 0) is 0 Å². The number of rotatable bonds is 4. The van der Waals surface area contributed by atoms with E-state index in [1.165, 1.54) is 28.7 Å². The van der Waals surface area contributed by atoms with Gasteiger partial charge in [-0.1, -0.05) is 20.8 Å². The van der Waals surface area contributed by atoms with Gasteiger partial charge in [0.05, 0.1) is 0 Å². The van der Waals surface area contributed by atoms with Gasteiger partial charge in [0.2, 0.25) is 0 Å². The van der Waals surface area contributed by atoms with E-state index in [2.05, 4.69) is 15.4 Å². The Labute approximate surface area is 129 Å². The van der Waals surface area contributed by atoms with E-state index in [9.17, 15) is 14.4 Å². The van der Waals surface area contributed by atoms with Crippen molar-refractivity contribution in [3.05, 3.63) is 28.2 Å². The zero-order valence-electron chi connectivity index (χ0n) is 12.3. The fourth-order valence-corrected chi connectivity index (χ4v) is 2.84. The highest BCUT2D eigenvalue weighted by molar-refractivity contribution is 8.00. The number of thioether (sulfide) groups is 1. The van der Waals surface area contributed by atoms with Gasteiger partial charge in [-0.2, -0.15) is 0 Å². The summed E-state index contributed by atoms with van der Waals surface area (Å²) in [6.07, 6.45) is 1.37. The average molecular weight is 324 g/mol. The van der Waals surface area contributed by atoms with E-state index in [1.807, 2.05) is 20.8 Å². The van der Waals surface area contributed by atoms with Gasteiger partial charge in [0.25, 0.3) is 5.91 Å². The highest BCUT2D eigenvalue weighted by Crippen LogP contribution is 2.31. The molecule has 118 valence electrons. The maximum Gasteiger partial charge on any atom is 0.322 e. The van der Waals surface area contributed by atoms with Crippen LogP contribution >= 0.6 is 11.8 Å². The molecule has 1 amide bonds. The van der Waals surface area contributed by atoms with Crippen molar-refractivity contribution in [2.45, 2.75) is 30.5 Å². The Balaban J connectivity index is 2.50. The molecule has 0 unspecified atom stereocenters. The minimum absolute atomic E-state index is 0.134. The summed E-state index contributed by atoms with van der Waals surface area (Å²) in [4.78, 5) is 38.8. The molecule has 0 spiro atoms. The SMILES string of the molecule is CC(C)(C)Sc1cc(=O)c(C(=O)NCC(=O)O)c2nc[nH]n12. The molecule has 22 heavy (non-hydrogen) atoms. The van der Waals surface area contributed by atoms with Crippen LogP contribution in [0.3, 0.4) is 0 Å². The number of nitrogens with zero attached hydrogens (tertiary/aromatic N) is 2. The van der Waals surface area contributed by atoms with Crippen LogP contribution in [-0.2, 0) is 4.79 Å². The second kappa shape index (κ2) is 5.84. The molecule has 0 aliphatic heterocycles. The number of amides is 1. The minimum Gasteiger partial charge on any atom is -0.480 e. The molecule has 2 aromatic rings. The number of aromatic nitrogens is 3. The number of H-pyrrole nitrogens is 1. The molecule has 9 heteroatoms. The van der Waals surface area contributed by atoms with Crippen molar-refractivity contribution in [1.82, 2.24) is 19.9 Å². The fraction of sp³-hybridized carbons (Fsp3) is 0.385. The van der Waals surface area contributed by atoms with Crippen LogP contribution in [0.15, 0.2) is 22.2 Å². The number of hydrogen-bond acceptors (Lipinski definition) is 5. The summed E-state index contributed by atoms with van der Waals surface area (Å²) in [6, 6.07) is 1.34. The number of carboxylic acids is 1. The zero-order valence-corrected chi connectivity index (χ0v) is 13.2. The first-order valence-electron chi connectivity index (χ1n) is 6.47. The minimum atomic E-state index is -1.19. The molecule has 0 bridgehead atoms. The molecule has 0 aromatic carbocycles. The molecule has 8 nitrogen and oxygen atoms in total. The second-order valence-corrected chi connectivity index (χ2v) is 7.41. The summed E-state index contributed by atoms with van der Waals surface area (Å²) in [5, 5.41) is 14.2. The van der Waals surface area contributed by atoms with E-state index in [1.54, 1.807) is 0 Å². The van der Waals surface area contributed by atoms with Crippen LogP contribution in [0.25, 0.3) is 5.65 Å². The quantitative estimate of drug-likeness (QED) is 0.714.